The molecule has 10 aromatic carbocycles. The standard InChI is InChI=1S/C58H40N2/c1-3-15-41(16-4-1)44-29-31-45(32-30-44)46-33-36-49(37-34-46)59(50-22-13-21-48(39-50)42-17-5-2-6-18-42)55-26-11-9-23-52(55)53-25-14-28-57-58(53)54-24-10-12-27-56(54)60(57)51-38-35-43-19-7-8-20-47(43)40-51/h1-40H. The van der Waals surface area contributed by atoms with E-state index in [1.165, 1.54) is 71.5 Å². The predicted octanol–water partition coefficient (Wildman–Crippen LogP) is 16.1. The van der Waals surface area contributed by atoms with Crippen LogP contribution in [-0.4, -0.2) is 4.57 Å². The molecule has 60 heavy (non-hydrogen) atoms. The third-order valence-electron chi connectivity index (χ3n) is 11.8. The Labute approximate surface area is 350 Å². The maximum Gasteiger partial charge on any atom is 0.0547 e. The van der Waals surface area contributed by atoms with Crippen molar-refractivity contribution in [2.45, 2.75) is 0 Å². The van der Waals surface area contributed by atoms with E-state index in [0.717, 1.165) is 28.3 Å². The van der Waals surface area contributed by atoms with Crippen molar-refractivity contribution in [3.8, 4) is 50.2 Å². The lowest BCUT2D eigenvalue weighted by Gasteiger charge is -2.28. The molecule has 0 aliphatic heterocycles. The summed E-state index contributed by atoms with van der Waals surface area (Å²) in [6, 6.07) is 87.9. The number of para-hydroxylation sites is 2. The van der Waals surface area contributed by atoms with E-state index < -0.39 is 0 Å². The number of fused-ring (bicyclic) bond motifs is 4. The number of aromatic nitrogens is 1. The van der Waals surface area contributed by atoms with E-state index in [1.54, 1.807) is 0 Å². The van der Waals surface area contributed by atoms with Crippen molar-refractivity contribution in [2.75, 3.05) is 4.90 Å². The van der Waals surface area contributed by atoms with Crippen LogP contribution < -0.4 is 4.90 Å². The monoisotopic (exact) mass is 764 g/mol. The van der Waals surface area contributed by atoms with E-state index in [2.05, 4.69) is 252 Å². The first kappa shape index (κ1) is 35.2. The average Bonchev–Trinajstić information content (AvgIpc) is 3.67. The SMILES string of the molecule is c1ccc(-c2ccc(-c3ccc(N(c4cccc(-c5ccccc5)c4)c4ccccc4-c4cccc5c4c4ccccc4n5-c4ccc5ccccc5c4)cc3)cc2)cc1. The van der Waals surface area contributed by atoms with Crippen molar-refractivity contribution in [1.82, 2.24) is 4.57 Å². The van der Waals surface area contributed by atoms with Gasteiger partial charge in [-0.25, -0.2) is 0 Å². The minimum atomic E-state index is 1.09. The predicted molar refractivity (Wildman–Crippen MR) is 255 cm³/mol. The summed E-state index contributed by atoms with van der Waals surface area (Å²) in [5, 5.41) is 4.93. The molecule has 282 valence electrons. The van der Waals surface area contributed by atoms with Crippen LogP contribution in [0.2, 0.25) is 0 Å². The molecule has 0 radical (unpaired) electrons. The van der Waals surface area contributed by atoms with Gasteiger partial charge in [-0.05, 0) is 104 Å². The van der Waals surface area contributed by atoms with Crippen molar-refractivity contribution >= 4 is 49.6 Å². The van der Waals surface area contributed by atoms with Crippen LogP contribution in [-0.2, 0) is 0 Å². The van der Waals surface area contributed by atoms with Crippen LogP contribution in [0.25, 0.3) is 82.8 Å². The molecule has 11 aromatic rings. The van der Waals surface area contributed by atoms with Crippen LogP contribution >= 0.6 is 0 Å². The molecule has 1 heterocycles. The zero-order valence-electron chi connectivity index (χ0n) is 33.0. The number of nitrogens with zero attached hydrogens (tertiary/aromatic N) is 2. The molecule has 0 N–H and O–H groups in total. The molecule has 2 heteroatoms. The second kappa shape index (κ2) is 15.1. The molecule has 0 fully saturated rings. The molecule has 0 saturated carbocycles. The van der Waals surface area contributed by atoms with Gasteiger partial charge in [-0.2, -0.15) is 0 Å². The molecule has 0 atom stereocenters. The molecule has 0 aliphatic carbocycles. The number of hydrogen-bond acceptors (Lipinski definition) is 1. The Bertz CT molecular complexity index is 3290. The number of anilines is 3. The van der Waals surface area contributed by atoms with E-state index in [9.17, 15) is 0 Å². The maximum absolute atomic E-state index is 2.43. The second-order valence-corrected chi connectivity index (χ2v) is 15.3. The fraction of sp³-hybridized carbons (Fsp3) is 0. The summed E-state index contributed by atoms with van der Waals surface area (Å²) in [6.45, 7) is 0. The van der Waals surface area contributed by atoms with Gasteiger partial charge in [-0.15, -0.1) is 0 Å². The maximum atomic E-state index is 2.43. The van der Waals surface area contributed by atoms with Crippen LogP contribution in [0.5, 0.6) is 0 Å². The molecule has 2 nitrogen and oxygen atoms in total. The van der Waals surface area contributed by atoms with Gasteiger partial charge in [0.25, 0.3) is 0 Å². The number of benzene rings is 10. The van der Waals surface area contributed by atoms with Crippen LogP contribution in [0.4, 0.5) is 17.1 Å². The second-order valence-electron chi connectivity index (χ2n) is 15.3. The molecule has 11 rings (SSSR count). The lowest BCUT2D eigenvalue weighted by Crippen LogP contribution is -2.11. The van der Waals surface area contributed by atoms with Crippen molar-refractivity contribution in [3.05, 3.63) is 243 Å². The molecule has 0 unspecified atom stereocenters. The van der Waals surface area contributed by atoms with Crippen LogP contribution in [0, 0.1) is 0 Å². The first-order valence-corrected chi connectivity index (χ1v) is 20.6. The van der Waals surface area contributed by atoms with Gasteiger partial charge >= 0.3 is 0 Å². The molecule has 0 saturated heterocycles. The fourth-order valence-corrected chi connectivity index (χ4v) is 8.91. The Morgan fingerprint density at radius 2 is 0.833 bits per heavy atom. The van der Waals surface area contributed by atoms with E-state index in [1.807, 2.05) is 0 Å². The Balaban J connectivity index is 1.08. The molecule has 0 aliphatic rings. The summed E-state index contributed by atoms with van der Waals surface area (Å²) in [5.74, 6) is 0. The van der Waals surface area contributed by atoms with Gasteiger partial charge in [-0.1, -0.05) is 188 Å². The third-order valence-corrected chi connectivity index (χ3v) is 11.8. The summed E-state index contributed by atoms with van der Waals surface area (Å²) in [5.41, 5.74) is 16.3. The summed E-state index contributed by atoms with van der Waals surface area (Å²) in [6.07, 6.45) is 0. The highest BCUT2D eigenvalue weighted by Crippen LogP contribution is 2.46. The van der Waals surface area contributed by atoms with Gasteiger partial charge in [0.05, 0.1) is 16.7 Å². The average molecular weight is 765 g/mol. The lowest BCUT2D eigenvalue weighted by molar-refractivity contribution is 1.19. The Hall–Kier alpha value is -7.94. The summed E-state index contributed by atoms with van der Waals surface area (Å²) in [7, 11) is 0. The fourth-order valence-electron chi connectivity index (χ4n) is 8.91. The Morgan fingerprint density at radius 3 is 1.58 bits per heavy atom. The Kier molecular flexibility index (Phi) is 8.87. The largest absolute Gasteiger partial charge is 0.310 e. The van der Waals surface area contributed by atoms with Crippen LogP contribution in [0.15, 0.2) is 243 Å². The van der Waals surface area contributed by atoms with Gasteiger partial charge in [0.1, 0.15) is 0 Å². The highest BCUT2D eigenvalue weighted by molar-refractivity contribution is 6.17. The molecule has 0 bridgehead atoms. The molecule has 0 spiro atoms. The van der Waals surface area contributed by atoms with Crippen molar-refractivity contribution in [3.63, 3.8) is 0 Å². The van der Waals surface area contributed by atoms with Gasteiger partial charge in [0, 0.05) is 33.4 Å². The van der Waals surface area contributed by atoms with Gasteiger partial charge in [-0.3, -0.25) is 0 Å². The van der Waals surface area contributed by atoms with E-state index >= 15 is 0 Å². The minimum absolute atomic E-state index is 1.09. The quantitative estimate of drug-likeness (QED) is 0.150. The third kappa shape index (κ3) is 6.32. The minimum Gasteiger partial charge on any atom is -0.310 e. The zero-order chi connectivity index (χ0) is 39.8. The highest BCUT2D eigenvalue weighted by atomic mass is 15.1. The zero-order valence-corrected chi connectivity index (χ0v) is 33.0. The van der Waals surface area contributed by atoms with Gasteiger partial charge in [0.2, 0.25) is 0 Å². The van der Waals surface area contributed by atoms with E-state index in [4.69, 9.17) is 0 Å². The summed E-state index contributed by atoms with van der Waals surface area (Å²) in [4.78, 5) is 2.42. The Morgan fingerprint density at radius 1 is 0.300 bits per heavy atom. The number of rotatable bonds is 8. The van der Waals surface area contributed by atoms with Gasteiger partial charge < -0.3 is 9.47 Å². The summed E-state index contributed by atoms with van der Waals surface area (Å²) < 4.78 is 2.43. The smallest absolute Gasteiger partial charge is 0.0547 e. The number of hydrogen-bond donors (Lipinski definition) is 0. The van der Waals surface area contributed by atoms with Crippen molar-refractivity contribution < 1.29 is 0 Å². The molecule has 0 amide bonds. The van der Waals surface area contributed by atoms with Crippen LogP contribution in [0.1, 0.15) is 0 Å². The first-order valence-electron chi connectivity index (χ1n) is 20.6. The van der Waals surface area contributed by atoms with E-state index in [-0.39, 0.29) is 0 Å². The van der Waals surface area contributed by atoms with Crippen LogP contribution in [0.3, 0.4) is 0 Å². The topological polar surface area (TPSA) is 8.17 Å². The summed E-state index contributed by atoms with van der Waals surface area (Å²) >= 11 is 0. The molecular weight excluding hydrogens is 725 g/mol. The van der Waals surface area contributed by atoms with E-state index in [0.29, 0.717) is 0 Å². The highest BCUT2D eigenvalue weighted by Gasteiger charge is 2.22. The van der Waals surface area contributed by atoms with Gasteiger partial charge in [0.15, 0.2) is 0 Å². The van der Waals surface area contributed by atoms with Crippen molar-refractivity contribution in [2.24, 2.45) is 0 Å². The van der Waals surface area contributed by atoms with Crippen molar-refractivity contribution in [1.29, 1.82) is 0 Å². The lowest BCUT2D eigenvalue weighted by atomic mass is 9.96. The normalized spacial score (nSPS) is 11.3. The molecular formula is C58H40N2. The molecule has 1 aromatic heterocycles. The first-order chi connectivity index (χ1) is 29.8.